The number of amides is 2. The molecule has 34 heavy (non-hydrogen) atoms. The predicted octanol–water partition coefficient (Wildman–Crippen LogP) is 4.98. The molecule has 0 unspecified atom stereocenters. The molecule has 5 rings (SSSR count). The summed E-state index contributed by atoms with van der Waals surface area (Å²) in [5.41, 5.74) is 2.62. The lowest BCUT2D eigenvalue weighted by Gasteiger charge is -2.36. The van der Waals surface area contributed by atoms with Crippen molar-refractivity contribution < 1.29 is 22.8 Å². The Hall–Kier alpha value is -4.01. The normalized spacial score (nSPS) is 15.6. The first kappa shape index (κ1) is 21.8. The average molecular weight is 466 g/mol. The van der Waals surface area contributed by atoms with E-state index in [1.165, 1.54) is 6.07 Å². The second kappa shape index (κ2) is 8.40. The molecule has 2 aliphatic heterocycles. The van der Waals surface area contributed by atoms with Crippen LogP contribution in [0.3, 0.4) is 0 Å². The predicted molar refractivity (Wildman–Crippen MR) is 124 cm³/mol. The van der Waals surface area contributed by atoms with Gasteiger partial charge in [0.2, 0.25) is 0 Å². The lowest BCUT2D eigenvalue weighted by atomic mass is 10.1. The van der Waals surface area contributed by atoms with E-state index in [2.05, 4.69) is 10.6 Å². The van der Waals surface area contributed by atoms with Crippen LogP contribution in [0.15, 0.2) is 66.7 Å². The number of para-hydroxylation sites is 1. The zero-order valence-electron chi connectivity index (χ0n) is 18.0. The molecule has 9 heteroatoms. The van der Waals surface area contributed by atoms with Crippen molar-refractivity contribution in [3.8, 4) is 0 Å². The Bertz CT molecular complexity index is 1270. The highest BCUT2D eigenvalue weighted by Gasteiger charge is 2.31. The second-order valence-electron chi connectivity index (χ2n) is 8.21. The van der Waals surface area contributed by atoms with Gasteiger partial charge < -0.3 is 20.4 Å². The van der Waals surface area contributed by atoms with Gasteiger partial charge in [0.25, 0.3) is 11.8 Å². The molecule has 0 spiro atoms. The molecule has 0 aliphatic carbocycles. The van der Waals surface area contributed by atoms with Gasteiger partial charge in [0.15, 0.2) is 0 Å². The molecule has 2 aliphatic rings. The fourth-order valence-electron chi connectivity index (χ4n) is 4.24. The highest BCUT2D eigenvalue weighted by molar-refractivity contribution is 6.12. The molecule has 3 aromatic carbocycles. The first-order valence-corrected chi connectivity index (χ1v) is 10.8. The van der Waals surface area contributed by atoms with Crippen LogP contribution < -0.4 is 15.5 Å². The zero-order chi connectivity index (χ0) is 23.9. The molecule has 0 saturated carbocycles. The Balaban J connectivity index is 1.29. The van der Waals surface area contributed by atoms with E-state index in [9.17, 15) is 22.8 Å². The molecule has 3 aromatic rings. The third kappa shape index (κ3) is 4.16. The number of hydrogen-bond acceptors (Lipinski definition) is 4. The lowest BCUT2D eigenvalue weighted by molar-refractivity contribution is -0.137. The van der Waals surface area contributed by atoms with E-state index in [1.54, 1.807) is 41.3 Å². The molecule has 174 valence electrons. The van der Waals surface area contributed by atoms with Crippen molar-refractivity contribution in [1.82, 2.24) is 4.90 Å². The number of rotatable bonds is 2. The van der Waals surface area contributed by atoms with E-state index in [0.29, 0.717) is 60.1 Å². The zero-order valence-corrected chi connectivity index (χ0v) is 18.0. The molecule has 0 aromatic heterocycles. The molecule has 2 N–H and O–H groups in total. The minimum Gasteiger partial charge on any atom is -0.368 e. The van der Waals surface area contributed by atoms with Crippen LogP contribution in [0, 0.1) is 0 Å². The van der Waals surface area contributed by atoms with Gasteiger partial charge in [-0.15, -0.1) is 0 Å². The Morgan fingerprint density at radius 1 is 0.794 bits per heavy atom. The van der Waals surface area contributed by atoms with Crippen LogP contribution in [-0.2, 0) is 6.18 Å². The fraction of sp³-hybridized carbons (Fsp3) is 0.200. The van der Waals surface area contributed by atoms with Gasteiger partial charge in [-0.3, -0.25) is 9.59 Å². The van der Waals surface area contributed by atoms with Gasteiger partial charge in [-0.05, 0) is 48.5 Å². The molecule has 0 bridgehead atoms. The molecule has 0 atom stereocenters. The van der Waals surface area contributed by atoms with Crippen molar-refractivity contribution in [3.63, 3.8) is 0 Å². The number of anilines is 4. The van der Waals surface area contributed by atoms with Gasteiger partial charge in [-0.25, -0.2) is 0 Å². The molecule has 1 fully saturated rings. The van der Waals surface area contributed by atoms with Crippen LogP contribution in [0.4, 0.5) is 35.9 Å². The topological polar surface area (TPSA) is 64.7 Å². The van der Waals surface area contributed by atoms with Crippen molar-refractivity contribution >= 4 is 34.6 Å². The number of alkyl halides is 3. The Labute approximate surface area is 194 Å². The first-order chi connectivity index (χ1) is 16.3. The summed E-state index contributed by atoms with van der Waals surface area (Å²) in [6, 6.07) is 17.5. The molecular formula is C25H21F3N4O2. The van der Waals surface area contributed by atoms with Crippen LogP contribution in [-0.4, -0.2) is 42.9 Å². The van der Waals surface area contributed by atoms with E-state index in [4.69, 9.17) is 0 Å². The van der Waals surface area contributed by atoms with Gasteiger partial charge in [0, 0.05) is 37.4 Å². The number of nitrogens with zero attached hydrogens (tertiary/aromatic N) is 2. The maximum atomic E-state index is 13.1. The standard InChI is InChI=1S/C25H21F3N4O2/c26-25(27,28)17-4-3-5-18(15-17)31-10-12-32(13-11-31)24(34)16-8-9-21-22(14-16)30-23(33)19-6-1-2-7-20(19)29-21/h1-9,14-15,29H,10-13H2,(H,30,33). The van der Waals surface area contributed by atoms with Gasteiger partial charge in [-0.2, -0.15) is 13.2 Å². The van der Waals surface area contributed by atoms with E-state index < -0.39 is 11.7 Å². The van der Waals surface area contributed by atoms with Crippen LogP contribution in [0.1, 0.15) is 26.3 Å². The molecule has 1 saturated heterocycles. The number of halogens is 3. The second-order valence-corrected chi connectivity index (χ2v) is 8.21. The summed E-state index contributed by atoms with van der Waals surface area (Å²) in [5.74, 6) is -0.455. The van der Waals surface area contributed by atoms with Gasteiger partial charge in [-0.1, -0.05) is 18.2 Å². The van der Waals surface area contributed by atoms with Crippen LogP contribution in [0.2, 0.25) is 0 Å². The summed E-state index contributed by atoms with van der Waals surface area (Å²) in [6.45, 7) is 1.60. The van der Waals surface area contributed by atoms with E-state index in [1.807, 2.05) is 17.0 Å². The summed E-state index contributed by atoms with van der Waals surface area (Å²) < 4.78 is 39.1. The molecule has 6 nitrogen and oxygen atoms in total. The van der Waals surface area contributed by atoms with Crippen LogP contribution in [0.5, 0.6) is 0 Å². The third-order valence-corrected chi connectivity index (χ3v) is 6.06. The smallest absolute Gasteiger partial charge is 0.368 e. The number of benzene rings is 3. The minimum absolute atomic E-state index is 0.192. The SMILES string of the molecule is O=C1Nc2cc(C(=O)N3CCN(c4cccc(C(F)(F)F)c4)CC3)ccc2Nc2ccccc21. The Morgan fingerprint density at radius 2 is 1.56 bits per heavy atom. The maximum Gasteiger partial charge on any atom is 0.416 e. The highest BCUT2D eigenvalue weighted by atomic mass is 19.4. The summed E-state index contributed by atoms with van der Waals surface area (Å²) in [6.07, 6.45) is -4.40. The molecule has 2 heterocycles. The number of carbonyl (C=O) groups excluding carboxylic acids is 2. The molecule has 2 amide bonds. The fourth-order valence-corrected chi connectivity index (χ4v) is 4.24. The summed E-state index contributed by atoms with van der Waals surface area (Å²) in [7, 11) is 0. The highest BCUT2D eigenvalue weighted by Crippen LogP contribution is 2.34. The quantitative estimate of drug-likeness (QED) is 0.559. The number of hydrogen-bond donors (Lipinski definition) is 2. The van der Waals surface area contributed by atoms with E-state index in [-0.39, 0.29) is 11.8 Å². The van der Waals surface area contributed by atoms with Gasteiger partial charge in [0.05, 0.1) is 28.2 Å². The van der Waals surface area contributed by atoms with Gasteiger partial charge >= 0.3 is 6.18 Å². The molecular weight excluding hydrogens is 445 g/mol. The molecule has 0 radical (unpaired) electrons. The largest absolute Gasteiger partial charge is 0.416 e. The number of piperazine rings is 1. The lowest BCUT2D eigenvalue weighted by Crippen LogP contribution is -2.48. The van der Waals surface area contributed by atoms with Gasteiger partial charge in [0.1, 0.15) is 0 Å². The van der Waals surface area contributed by atoms with Crippen molar-refractivity contribution in [1.29, 1.82) is 0 Å². The number of fused-ring (bicyclic) bond motifs is 2. The Morgan fingerprint density at radius 3 is 2.32 bits per heavy atom. The van der Waals surface area contributed by atoms with Crippen molar-refractivity contribution in [3.05, 3.63) is 83.4 Å². The van der Waals surface area contributed by atoms with Crippen molar-refractivity contribution in [2.75, 3.05) is 41.7 Å². The number of carbonyl (C=O) groups is 2. The number of nitrogens with one attached hydrogen (secondary N) is 2. The first-order valence-electron chi connectivity index (χ1n) is 10.8. The summed E-state index contributed by atoms with van der Waals surface area (Å²) in [5, 5.41) is 6.07. The van der Waals surface area contributed by atoms with Crippen LogP contribution >= 0.6 is 0 Å². The minimum atomic E-state index is -4.40. The van der Waals surface area contributed by atoms with Crippen molar-refractivity contribution in [2.24, 2.45) is 0 Å². The Kier molecular flexibility index (Phi) is 5.39. The van der Waals surface area contributed by atoms with E-state index >= 15 is 0 Å². The maximum absolute atomic E-state index is 13.1. The third-order valence-electron chi connectivity index (χ3n) is 6.06. The summed E-state index contributed by atoms with van der Waals surface area (Å²) in [4.78, 5) is 29.2. The average Bonchev–Trinajstić information content (AvgIpc) is 2.98. The van der Waals surface area contributed by atoms with Crippen LogP contribution in [0.25, 0.3) is 0 Å². The van der Waals surface area contributed by atoms with E-state index in [0.717, 1.165) is 12.1 Å². The summed E-state index contributed by atoms with van der Waals surface area (Å²) >= 11 is 0. The monoisotopic (exact) mass is 466 g/mol. The van der Waals surface area contributed by atoms with Crippen molar-refractivity contribution in [2.45, 2.75) is 6.18 Å².